The molecule has 0 amide bonds. The molecule has 0 radical (unpaired) electrons. The van der Waals surface area contributed by atoms with Crippen LogP contribution in [0.3, 0.4) is 0 Å². The lowest BCUT2D eigenvalue weighted by Crippen LogP contribution is -2.28. The van der Waals surface area contributed by atoms with Crippen LogP contribution in [0.1, 0.15) is 11.1 Å². The Bertz CT molecular complexity index is 1030. The number of benzene rings is 2. The molecule has 0 aromatic heterocycles. The number of nitrogens with zero attached hydrogens (tertiary/aromatic N) is 3. The number of phenols is 1. The minimum absolute atomic E-state index is 0.181. The number of amidine groups is 2. The molecule has 1 fully saturated rings. The minimum atomic E-state index is -0.334. The minimum Gasteiger partial charge on any atom is -0.508 e. The summed E-state index contributed by atoms with van der Waals surface area (Å²) in [6.07, 6.45) is 1.19. The van der Waals surface area contributed by atoms with Crippen molar-refractivity contribution in [1.29, 1.82) is 5.41 Å². The monoisotopic (exact) mass is 380 g/mol. The van der Waals surface area contributed by atoms with Gasteiger partial charge in [0, 0.05) is 11.1 Å². The van der Waals surface area contributed by atoms with E-state index >= 15 is 0 Å². The van der Waals surface area contributed by atoms with Crippen molar-refractivity contribution in [1.82, 2.24) is 5.01 Å². The van der Waals surface area contributed by atoms with Gasteiger partial charge in [0.1, 0.15) is 22.7 Å². The van der Waals surface area contributed by atoms with E-state index in [4.69, 9.17) is 10.1 Å². The number of hydrogen-bond donors (Lipinski definition) is 2. The van der Waals surface area contributed by atoms with E-state index < -0.39 is 0 Å². The van der Waals surface area contributed by atoms with E-state index in [0.29, 0.717) is 15.8 Å². The van der Waals surface area contributed by atoms with Gasteiger partial charge in [-0.05, 0) is 59.8 Å². The molecule has 134 valence electrons. The van der Waals surface area contributed by atoms with Crippen LogP contribution < -0.4 is 0 Å². The van der Waals surface area contributed by atoms with Crippen molar-refractivity contribution in [2.24, 2.45) is 10.1 Å². The average molecular weight is 380 g/mol. The molecule has 3 heterocycles. The van der Waals surface area contributed by atoms with Gasteiger partial charge in [0.05, 0.1) is 0 Å². The average Bonchev–Trinajstić information content (AvgIpc) is 3.31. The zero-order valence-electron chi connectivity index (χ0n) is 13.8. The second-order valence-corrected chi connectivity index (χ2v) is 7.18. The van der Waals surface area contributed by atoms with Crippen LogP contribution in [0, 0.1) is 11.2 Å². The molecule has 8 heteroatoms. The molecule has 2 N–H and O–H groups in total. The fourth-order valence-electron chi connectivity index (χ4n) is 2.92. The zero-order chi connectivity index (χ0) is 18.5. The molecular formula is C19H13FN4O2S. The summed E-state index contributed by atoms with van der Waals surface area (Å²) in [5.41, 5.74) is 2.27. The van der Waals surface area contributed by atoms with Crippen LogP contribution in [0.4, 0.5) is 4.39 Å². The van der Waals surface area contributed by atoms with Gasteiger partial charge < -0.3 is 9.84 Å². The number of ether oxygens (including phenoxy) is 1. The Hall–Kier alpha value is -2.97. The Morgan fingerprint density at radius 2 is 1.89 bits per heavy atom. The third-order valence-electron chi connectivity index (χ3n) is 4.36. The van der Waals surface area contributed by atoms with E-state index in [1.165, 1.54) is 28.9 Å². The second-order valence-electron chi connectivity index (χ2n) is 6.22. The molecule has 0 spiro atoms. The Labute approximate surface area is 158 Å². The molecule has 6 nitrogen and oxygen atoms in total. The fraction of sp³-hybridized carbons (Fsp3) is 0.105. The first-order valence-electron chi connectivity index (χ1n) is 8.24. The van der Waals surface area contributed by atoms with Crippen LogP contribution >= 0.6 is 11.8 Å². The van der Waals surface area contributed by atoms with Crippen LogP contribution in [-0.2, 0) is 4.74 Å². The van der Waals surface area contributed by atoms with E-state index in [1.54, 1.807) is 36.4 Å². The number of nitrogens with one attached hydrogen (secondary N) is 1. The Balaban J connectivity index is 1.50. The lowest BCUT2D eigenvalue weighted by atomic mass is 10.1. The number of aliphatic imine (C=N–C) groups is 1. The quantitative estimate of drug-likeness (QED) is 0.782. The number of aromatic hydroxyl groups is 1. The summed E-state index contributed by atoms with van der Waals surface area (Å²) < 4.78 is 18.8. The highest BCUT2D eigenvalue weighted by molar-refractivity contribution is 8.27. The second kappa shape index (κ2) is 6.04. The van der Waals surface area contributed by atoms with E-state index in [9.17, 15) is 9.50 Å². The van der Waals surface area contributed by atoms with Crippen molar-refractivity contribution in [2.45, 2.75) is 12.3 Å². The van der Waals surface area contributed by atoms with Crippen molar-refractivity contribution in [3.05, 3.63) is 71.0 Å². The Morgan fingerprint density at radius 1 is 1.15 bits per heavy atom. The molecule has 2 aromatic rings. The highest BCUT2D eigenvalue weighted by Gasteiger charge is 2.49. The summed E-state index contributed by atoms with van der Waals surface area (Å²) in [6, 6.07) is 12.8. The smallest absolute Gasteiger partial charge is 0.195 e. The van der Waals surface area contributed by atoms with E-state index in [1.807, 2.05) is 6.08 Å². The first-order valence-corrected chi connectivity index (χ1v) is 9.05. The topological polar surface area (TPSA) is 84.6 Å². The number of fused-ring (bicyclic) bond motifs is 2. The summed E-state index contributed by atoms with van der Waals surface area (Å²) in [6.45, 7) is 0. The third kappa shape index (κ3) is 2.92. The van der Waals surface area contributed by atoms with Gasteiger partial charge in [-0.15, -0.1) is 0 Å². The fourth-order valence-corrected chi connectivity index (χ4v) is 3.84. The highest BCUT2D eigenvalue weighted by Crippen LogP contribution is 2.40. The van der Waals surface area contributed by atoms with Gasteiger partial charge in [-0.1, -0.05) is 12.1 Å². The molecule has 3 aliphatic rings. The summed E-state index contributed by atoms with van der Waals surface area (Å²) in [4.78, 5) is 4.54. The molecule has 2 aromatic carbocycles. The highest BCUT2D eigenvalue weighted by atomic mass is 32.2. The molecule has 27 heavy (non-hydrogen) atoms. The number of rotatable bonds is 2. The first-order chi connectivity index (χ1) is 13.1. The maximum atomic E-state index is 13.1. The van der Waals surface area contributed by atoms with Crippen molar-refractivity contribution in [2.75, 3.05) is 0 Å². The Kier molecular flexibility index (Phi) is 3.63. The first kappa shape index (κ1) is 16.2. The van der Waals surface area contributed by atoms with Crippen molar-refractivity contribution in [3.8, 4) is 5.75 Å². The molecule has 3 aliphatic heterocycles. The van der Waals surface area contributed by atoms with E-state index in [-0.39, 0.29) is 29.7 Å². The lowest BCUT2D eigenvalue weighted by molar-refractivity contribution is 0.387. The number of hydrazone groups is 1. The number of thioether (sulfide) groups is 1. The molecular weight excluding hydrogens is 367 g/mol. The maximum absolute atomic E-state index is 13.1. The standard InChI is InChI=1S/C19H13FN4O2S/c20-12-5-1-10(2-6-12)9-14-15-17(26-15)22-19-24(16(14)21)23-18(27-19)11-3-7-13(25)8-4-11/h1-9,15,17,21,25H/b14-9-,21-16?. The van der Waals surface area contributed by atoms with Crippen molar-refractivity contribution < 1.29 is 14.2 Å². The molecule has 0 aliphatic carbocycles. The van der Waals surface area contributed by atoms with Gasteiger partial charge >= 0.3 is 0 Å². The van der Waals surface area contributed by atoms with Gasteiger partial charge in [-0.3, -0.25) is 5.41 Å². The predicted octanol–water partition coefficient (Wildman–Crippen LogP) is 3.40. The van der Waals surface area contributed by atoms with Crippen LogP contribution in [0.5, 0.6) is 5.75 Å². The Morgan fingerprint density at radius 3 is 2.63 bits per heavy atom. The molecule has 5 rings (SSSR count). The number of phenolic OH excluding ortho intramolecular Hbond substituents is 1. The summed E-state index contributed by atoms with van der Waals surface area (Å²) in [5.74, 6) is 0.0587. The molecule has 0 saturated carbocycles. The van der Waals surface area contributed by atoms with Gasteiger partial charge in [0.25, 0.3) is 0 Å². The number of epoxide rings is 1. The third-order valence-corrected chi connectivity index (χ3v) is 5.34. The van der Waals surface area contributed by atoms with Crippen LogP contribution in [0.25, 0.3) is 6.08 Å². The van der Waals surface area contributed by atoms with E-state index in [0.717, 1.165) is 11.1 Å². The molecule has 2 atom stereocenters. The van der Waals surface area contributed by atoms with Crippen LogP contribution in [-0.4, -0.2) is 38.5 Å². The van der Waals surface area contributed by atoms with Gasteiger partial charge in [0.15, 0.2) is 17.2 Å². The van der Waals surface area contributed by atoms with Crippen molar-refractivity contribution >= 4 is 33.9 Å². The summed E-state index contributed by atoms with van der Waals surface area (Å²) in [7, 11) is 0. The summed E-state index contributed by atoms with van der Waals surface area (Å²) in [5, 5.41) is 25.4. The molecule has 0 bridgehead atoms. The molecule has 2 unspecified atom stereocenters. The van der Waals surface area contributed by atoms with Gasteiger partial charge in [0.2, 0.25) is 0 Å². The largest absolute Gasteiger partial charge is 0.508 e. The van der Waals surface area contributed by atoms with Gasteiger partial charge in [-0.25, -0.2) is 9.38 Å². The lowest BCUT2D eigenvalue weighted by Gasteiger charge is -2.14. The van der Waals surface area contributed by atoms with E-state index in [2.05, 4.69) is 10.1 Å². The van der Waals surface area contributed by atoms with Crippen molar-refractivity contribution in [3.63, 3.8) is 0 Å². The van der Waals surface area contributed by atoms with Crippen LogP contribution in [0.2, 0.25) is 0 Å². The number of halogens is 1. The molecule has 1 saturated heterocycles. The number of hydrogen-bond acceptors (Lipinski definition) is 6. The zero-order valence-corrected chi connectivity index (χ0v) is 14.7. The van der Waals surface area contributed by atoms with Gasteiger partial charge in [-0.2, -0.15) is 10.1 Å². The normalized spacial score (nSPS) is 24.9. The van der Waals surface area contributed by atoms with Crippen LogP contribution in [0.15, 0.2) is 64.2 Å². The maximum Gasteiger partial charge on any atom is 0.195 e. The summed E-state index contributed by atoms with van der Waals surface area (Å²) >= 11 is 1.36. The SMILES string of the molecule is N=C1/C(=C\c2ccc(F)cc2)C2OC2N=C2SC(c3ccc(O)cc3)=NN12. The predicted molar refractivity (Wildman–Crippen MR) is 102 cm³/mol.